The first-order valence-corrected chi connectivity index (χ1v) is 6.95. The second-order valence-electron chi connectivity index (χ2n) is 3.56. The highest BCUT2D eigenvalue weighted by molar-refractivity contribution is 9.10. The monoisotopic (exact) mass is 315 g/mol. The SMILES string of the molecule is NC(Cc1cccs1)c1ccc(Cl)c(Br)c1. The van der Waals surface area contributed by atoms with E-state index in [1.807, 2.05) is 24.3 Å². The summed E-state index contributed by atoms with van der Waals surface area (Å²) in [6.07, 6.45) is 0.867. The zero-order valence-corrected chi connectivity index (χ0v) is 11.6. The Kier molecular flexibility index (Phi) is 4.03. The molecule has 1 aromatic heterocycles. The molecule has 0 fully saturated rings. The Morgan fingerprint density at radius 2 is 2.19 bits per heavy atom. The second kappa shape index (κ2) is 5.32. The second-order valence-corrected chi connectivity index (χ2v) is 5.86. The third-order valence-electron chi connectivity index (χ3n) is 2.37. The lowest BCUT2D eigenvalue weighted by molar-refractivity contribution is 0.730. The van der Waals surface area contributed by atoms with E-state index in [1.165, 1.54) is 4.88 Å². The van der Waals surface area contributed by atoms with E-state index in [1.54, 1.807) is 11.3 Å². The van der Waals surface area contributed by atoms with Crippen LogP contribution in [0.4, 0.5) is 0 Å². The minimum atomic E-state index is 0.0206. The van der Waals surface area contributed by atoms with E-state index in [0.717, 1.165) is 16.5 Å². The molecule has 0 bridgehead atoms. The molecule has 84 valence electrons. The molecule has 0 saturated carbocycles. The van der Waals surface area contributed by atoms with E-state index in [-0.39, 0.29) is 6.04 Å². The summed E-state index contributed by atoms with van der Waals surface area (Å²) in [6, 6.07) is 10.0. The maximum Gasteiger partial charge on any atom is 0.0548 e. The highest BCUT2D eigenvalue weighted by Gasteiger charge is 2.09. The first kappa shape index (κ1) is 12.1. The first-order valence-electron chi connectivity index (χ1n) is 4.89. The van der Waals surface area contributed by atoms with E-state index >= 15 is 0 Å². The van der Waals surface area contributed by atoms with Gasteiger partial charge in [-0.2, -0.15) is 0 Å². The van der Waals surface area contributed by atoms with Crippen LogP contribution in [0.1, 0.15) is 16.5 Å². The fourth-order valence-electron chi connectivity index (χ4n) is 1.51. The van der Waals surface area contributed by atoms with E-state index in [9.17, 15) is 0 Å². The Labute approximate surface area is 112 Å². The largest absolute Gasteiger partial charge is 0.324 e. The minimum Gasteiger partial charge on any atom is -0.324 e. The van der Waals surface area contributed by atoms with Crippen LogP contribution in [0.25, 0.3) is 0 Å². The van der Waals surface area contributed by atoms with Crippen LogP contribution in [-0.2, 0) is 6.42 Å². The smallest absolute Gasteiger partial charge is 0.0548 e. The van der Waals surface area contributed by atoms with Gasteiger partial charge in [0.15, 0.2) is 0 Å². The number of rotatable bonds is 3. The van der Waals surface area contributed by atoms with Gasteiger partial charge in [0, 0.05) is 21.8 Å². The van der Waals surface area contributed by atoms with Crippen molar-refractivity contribution in [2.24, 2.45) is 5.73 Å². The number of nitrogens with two attached hydrogens (primary N) is 1. The molecular formula is C12H11BrClNS. The molecule has 1 aromatic carbocycles. The number of thiophene rings is 1. The van der Waals surface area contributed by atoms with Crippen LogP contribution in [0.5, 0.6) is 0 Å². The van der Waals surface area contributed by atoms with Crippen molar-refractivity contribution in [1.82, 2.24) is 0 Å². The Bertz CT molecular complexity index is 470. The van der Waals surface area contributed by atoms with Crippen LogP contribution in [-0.4, -0.2) is 0 Å². The quantitative estimate of drug-likeness (QED) is 0.892. The molecule has 1 heterocycles. The van der Waals surface area contributed by atoms with Gasteiger partial charge in [0.25, 0.3) is 0 Å². The topological polar surface area (TPSA) is 26.0 Å². The van der Waals surface area contributed by atoms with Gasteiger partial charge in [-0.25, -0.2) is 0 Å². The fraction of sp³-hybridized carbons (Fsp3) is 0.167. The summed E-state index contributed by atoms with van der Waals surface area (Å²) >= 11 is 11.1. The van der Waals surface area contributed by atoms with Gasteiger partial charge < -0.3 is 5.73 Å². The van der Waals surface area contributed by atoms with Crippen molar-refractivity contribution in [2.45, 2.75) is 12.5 Å². The van der Waals surface area contributed by atoms with Crippen LogP contribution in [0.3, 0.4) is 0 Å². The number of halogens is 2. The normalized spacial score (nSPS) is 12.7. The first-order chi connectivity index (χ1) is 7.66. The highest BCUT2D eigenvalue weighted by atomic mass is 79.9. The van der Waals surface area contributed by atoms with Gasteiger partial charge in [0.1, 0.15) is 0 Å². The summed E-state index contributed by atoms with van der Waals surface area (Å²) in [4.78, 5) is 1.30. The van der Waals surface area contributed by atoms with Crippen molar-refractivity contribution in [1.29, 1.82) is 0 Å². The van der Waals surface area contributed by atoms with Crippen molar-refractivity contribution in [3.05, 3.63) is 55.6 Å². The molecular weight excluding hydrogens is 306 g/mol. The zero-order chi connectivity index (χ0) is 11.5. The Hall–Kier alpha value is -0.350. The molecule has 16 heavy (non-hydrogen) atoms. The molecule has 2 rings (SSSR count). The molecule has 0 radical (unpaired) electrons. The van der Waals surface area contributed by atoms with Crippen LogP contribution in [0.2, 0.25) is 5.02 Å². The maximum absolute atomic E-state index is 6.15. The third-order valence-corrected chi connectivity index (χ3v) is 4.49. The highest BCUT2D eigenvalue weighted by Crippen LogP contribution is 2.27. The molecule has 1 atom stereocenters. The van der Waals surface area contributed by atoms with Crippen LogP contribution in [0, 0.1) is 0 Å². The average Bonchev–Trinajstić information content (AvgIpc) is 2.74. The van der Waals surface area contributed by atoms with Crippen LogP contribution >= 0.6 is 38.9 Å². The third kappa shape index (κ3) is 2.86. The molecule has 2 N–H and O–H groups in total. The average molecular weight is 317 g/mol. The summed E-state index contributed by atoms with van der Waals surface area (Å²) in [7, 11) is 0. The molecule has 0 aliphatic carbocycles. The van der Waals surface area contributed by atoms with Crippen molar-refractivity contribution >= 4 is 38.9 Å². The summed E-state index contributed by atoms with van der Waals surface area (Å²) in [5.41, 5.74) is 7.25. The lowest BCUT2D eigenvalue weighted by Crippen LogP contribution is -2.12. The van der Waals surface area contributed by atoms with Crippen molar-refractivity contribution in [2.75, 3.05) is 0 Å². The van der Waals surface area contributed by atoms with Crippen molar-refractivity contribution in [3.63, 3.8) is 0 Å². The lowest BCUT2D eigenvalue weighted by Gasteiger charge is -2.11. The van der Waals surface area contributed by atoms with Gasteiger partial charge >= 0.3 is 0 Å². The molecule has 4 heteroatoms. The van der Waals surface area contributed by atoms with E-state index in [0.29, 0.717) is 5.02 Å². The summed E-state index contributed by atoms with van der Waals surface area (Å²) < 4.78 is 0.897. The van der Waals surface area contributed by atoms with Crippen molar-refractivity contribution < 1.29 is 0 Å². The van der Waals surface area contributed by atoms with E-state index < -0.39 is 0 Å². The van der Waals surface area contributed by atoms with Crippen molar-refractivity contribution in [3.8, 4) is 0 Å². The molecule has 1 nitrogen and oxygen atoms in total. The van der Waals surface area contributed by atoms with Gasteiger partial charge in [0.2, 0.25) is 0 Å². The maximum atomic E-state index is 6.15. The predicted octanol–water partition coefficient (Wildman–Crippen LogP) is 4.41. The number of benzene rings is 1. The Balaban J connectivity index is 2.14. The molecule has 0 saturated heterocycles. The lowest BCUT2D eigenvalue weighted by atomic mass is 10.0. The summed E-state index contributed by atoms with van der Waals surface area (Å²) in [5.74, 6) is 0. The standard InChI is InChI=1S/C12H11BrClNS/c13-10-6-8(3-4-11(10)14)12(15)7-9-2-1-5-16-9/h1-6,12H,7,15H2. The number of hydrogen-bond acceptors (Lipinski definition) is 2. The molecule has 0 aliphatic heterocycles. The van der Waals surface area contributed by atoms with Crippen LogP contribution < -0.4 is 5.73 Å². The molecule has 1 unspecified atom stereocenters. The fourth-order valence-corrected chi connectivity index (χ4v) is 2.79. The Morgan fingerprint density at radius 1 is 1.38 bits per heavy atom. The molecule has 2 aromatic rings. The molecule has 0 amide bonds. The summed E-state index contributed by atoms with van der Waals surface area (Å²) in [6.45, 7) is 0. The number of hydrogen-bond donors (Lipinski definition) is 1. The minimum absolute atomic E-state index is 0.0206. The molecule has 0 aliphatic rings. The summed E-state index contributed by atoms with van der Waals surface area (Å²) in [5, 5.41) is 2.78. The van der Waals surface area contributed by atoms with Gasteiger partial charge in [0.05, 0.1) is 5.02 Å². The van der Waals surface area contributed by atoms with Gasteiger partial charge in [-0.3, -0.25) is 0 Å². The van der Waals surface area contributed by atoms with Gasteiger partial charge in [-0.1, -0.05) is 23.7 Å². The predicted molar refractivity (Wildman–Crippen MR) is 74.1 cm³/mol. The van der Waals surface area contributed by atoms with Crippen LogP contribution in [0.15, 0.2) is 40.2 Å². The van der Waals surface area contributed by atoms with E-state index in [2.05, 4.69) is 27.4 Å². The van der Waals surface area contributed by atoms with E-state index in [4.69, 9.17) is 17.3 Å². The molecule has 0 spiro atoms. The van der Waals surface area contributed by atoms with Gasteiger partial charge in [-0.05, 0) is 45.1 Å². The Morgan fingerprint density at radius 3 is 2.81 bits per heavy atom. The van der Waals surface area contributed by atoms with Gasteiger partial charge in [-0.15, -0.1) is 11.3 Å². The zero-order valence-electron chi connectivity index (χ0n) is 8.49.